The van der Waals surface area contributed by atoms with Crippen LogP contribution in [-0.4, -0.2) is 47.2 Å². The zero-order valence-electron chi connectivity index (χ0n) is 18.7. The largest absolute Gasteiger partial charge is 0.493 e. The molecule has 3 rings (SSSR count). The van der Waals surface area contributed by atoms with Crippen molar-refractivity contribution >= 4 is 17.2 Å². The molecule has 0 bridgehead atoms. The van der Waals surface area contributed by atoms with Gasteiger partial charge in [-0.25, -0.2) is 0 Å². The number of nitriles is 1. The summed E-state index contributed by atoms with van der Waals surface area (Å²) in [6, 6.07) is 15.8. The average molecular weight is 422 g/mol. The van der Waals surface area contributed by atoms with Crippen molar-refractivity contribution in [1.82, 2.24) is 0 Å². The summed E-state index contributed by atoms with van der Waals surface area (Å²) >= 11 is 0. The van der Waals surface area contributed by atoms with Crippen molar-refractivity contribution in [3.63, 3.8) is 0 Å². The Balaban J connectivity index is 1.76. The number of para-hydroxylation sites is 2. The minimum absolute atomic E-state index is 0.171. The number of fused-ring (bicyclic) bond motifs is 1. The zero-order chi connectivity index (χ0) is 22.5. The molecule has 1 aliphatic rings. The molecule has 2 aromatic rings. The third kappa shape index (κ3) is 4.49. The lowest BCUT2D eigenvalue weighted by atomic mass is 10.1. The number of ether oxygens (including phenoxy) is 2. The van der Waals surface area contributed by atoms with E-state index in [0.29, 0.717) is 30.5 Å². The number of rotatable bonds is 8. The molecule has 1 aliphatic heterocycles. The van der Waals surface area contributed by atoms with Crippen LogP contribution in [0, 0.1) is 11.3 Å². The molecular formula is C24H29N4O3+. The van der Waals surface area contributed by atoms with Crippen molar-refractivity contribution in [2.45, 2.75) is 13.5 Å². The molecule has 0 saturated carbocycles. The number of Topliss-reactive ketones (excluding diaryl/α,β-unsaturated/α-hetero) is 1. The minimum atomic E-state index is -0.181. The number of nitrogens with zero attached hydrogens (tertiary/aromatic N) is 3. The fourth-order valence-electron chi connectivity index (χ4n) is 3.93. The van der Waals surface area contributed by atoms with Gasteiger partial charge >= 0.3 is 0 Å². The third-order valence-electron chi connectivity index (χ3n) is 5.35. The van der Waals surface area contributed by atoms with E-state index in [4.69, 9.17) is 9.47 Å². The van der Waals surface area contributed by atoms with Crippen LogP contribution in [0.1, 0.15) is 12.5 Å². The number of likely N-dealkylation sites (N-methyl/N-ethyl adjacent to an activating group) is 1. The summed E-state index contributed by atoms with van der Waals surface area (Å²) in [4.78, 5) is 17.8. The maximum atomic E-state index is 13.1. The second-order valence-corrected chi connectivity index (χ2v) is 7.57. The van der Waals surface area contributed by atoms with Gasteiger partial charge in [0.05, 0.1) is 32.1 Å². The molecule has 0 aliphatic carbocycles. The van der Waals surface area contributed by atoms with E-state index >= 15 is 0 Å². The van der Waals surface area contributed by atoms with E-state index in [1.165, 1.54) is 0 Å². The number of benzene rings is 2. The predicted octanol–water partition coefficient (Wildman–Crippen LogP) is 2.00. The fourth-order valence-corrected chi connectivity index (χ4v) is 3.93. The first-order chi connectivity index (χ1) is 14.9. The molecule has 0 spiro atoms. The van der Waals surface area contributed by atoms with Crippen LogP contribution in [0.3, 0.4) is 0 Å². The quantitative estimate of drug-likeness (QED) is 0.519. The van der Waals surface area contributed by atoms with Gasteiger partial charge in [-0.3, -0.25) is 4.79 Å². The number of nitrogens with one attached hydrogen (secondary N) is 1. The predicted molar refractivity (Wildman–Crippen MR) is 121 cm³/mol. The first-order valence-corrected chi connectivity index (χ1v) is 10.3. The summed E-state index contributed by atoms with van der Waals surface area (Å²) < 4.78 is 11.0. The van der Waals surface area contributed by atoms with Gasteiger partial charge in [-0.05, 0) is 37.3 Å². The molecular weight excluding hydrogens is 392 g/mol. The van der Waals surface area contributed by atoms with Crippen molar-refractivity contribution in [3.8, 4) is 17.6 Å². The van der Waals surface area contributed by atoms with Crippen molar-refractivity contribution in [2.24, 2.45) is 0 Å². The van der Waals surface area contributed by atoms with E-state index in [1.807, 2.05) is 80.3 Å². The Kier molecular flexibility index (Phi) is 6.83. The van der Waals surface area contributed by atoms with E-state index in [2.05, 4.69) is 6.07 Å². The summed E-state index contributed by atoms with van der Waals surface area (Å²) in [7, 11) is 7.31. The van der Waals surface area contributed by atoms with Gasteiger partial charge in [0.15, 0.2) is 11.5 Å². The topological polar surface area (TPSA) is 70.2 Å². The summed E-state index contributed by atoms with van der Waals surface area (Å²) in [5.41, 5.74) is 3.15. The Morgan fingerprint density at radius 3 is 2.29 bits per heavy atom. The first kappa shape index (κ1) is 22.2. The average Bonchev–Trinajstić information content (AvgIpc) is 3.01. The summed E-state index contributed by atoms with van der Waals surface area (Å²) in [5.74, 6) is 1.81. The van der Waals surface area contributed by atoms with E-state index < -0.39 is 0 Å². The Bertz CT molecular complexity index is 1010. The molecule has 7 heteroatoms. The smallest absolute Gasteiger partial charge is 0.231 e. The lowest BCUT2D eigenvalue weighted by molar-refractivity contribution is -0.885. The lowest BCUT2D eigenvalue weighted by Crippen LogP contribution is -3.08. The molecule has 0 amide bonds. The Labute approximate surface area is 183 Å². The van der Waals surface area contributed by atoms with Gasteiger partial charge in [0.25, 0.3) is 0 Å². The number of carbonyl (C=O) groups excluding carboxylic acids is 1. The van der Waals surface area contributed by atoms with Gasteiger partial charge in [0, 0.05) is 19.7 Å². The maximum Gasteiger partial charge on any atom is 0.231 e. The second-order valence-electron chi connectivity index (χ2n) is 7.57. The van der Waals surface area contributed by atoms with Gasteiger partial charge < -0.3 is 24.2 Å². The van der Waals surface area contributed by atoms with Crippen LogP contribution in [-0.2, 0) is 11.3 Å². The van der Waals surface area contributed by atoms with Crippen molar-refractivity contribution in [2.75, 3.05) is 51.2 Å². The SMILES string of the molecule is CCOc1ccc(C[NH+](C)CC(=O)C(C#N)=C2N(C)c3ccccc3N2C)cc1OC. The Morgan fingerprint density at radius 2 is 1.74 bits per heavy atom. The molecule has 0 fully saturated rings. The summed E-state index contributed by atoms with van der Waals surface area (Å²) in [5, 5.41) is 9.80. The van der Waals surface area contributed by atoms with Crippen LogP contribution >= 0.6 is 0 Å². The number of carbonyl (C=O) groups is 1. The van der Waals surface area contributed by atoms with Crippen molar-refractivity contribution < 1.29 is 19.2 Å². The van der Waals surface area contributed by atoms with Crippen LogP contribution in [0.4, 0.5) is 11.4 Å². The number of anilines is 2. The molecule has 0 aromatic heterocycles. The van der Waals surface area contributed by atoms with Crippen LogP contribution < -0.4 is 24.2 Å². The normalized spacial score (nSPS) is 13.5. The first-order valence-electron chi connectivity index (χ1n) is 10.3. The highest BCUT2D eigenvalue weighted by molar-refractivity contribution is 6.03. The van der Waals surface area contributed by atoms with Crippen molar-refractivity contribution in [1.29, 1.82) is 5.26 Å². The Morgan fingerprint density at radius 1 is 1.10 bits per heavy atom. The molecule has 1 heterocycles. The van der Waals surface area contributed by atoms with E-state index in [-0.39, 0.29) is 17.9 Å². The van der Waals surface area contributed by atoms with Crippen LogP contribution in [0.25, 0.3) is 0 Å². The molecule has 1 atom stereocenters. The number of hydrogen-bond acceptors (Lipinski definition) is 6. The van der Waals surface area contributed by atoms with Crippen LogP contribution in [0.15, 0.2) is 53.9 Å². The number of ketones is 1. The summed E-state index contributed by atoms with van der Waals surface area (Å²) in [6.07, 6.45) is 0. The van der Waals surface area contributed by atoms with Gasteiger partial charge in [-0.2, -0.15) is 5.26 Å². The highest BCUT2D eigenvalue weighted by Crippen LogP contribution is 2.40. The van der Waals surface area contributed by atoms with Gasteiger partial charge in [0.2, 0.25) is 5.78 Å². The van der Waals surface area contributed by atoms with Crippen LogP contribution in [0.5, 0.6) is 11.5 Å². The van der Waals surface area contributed by atoms with E-state index in [0.717, 1.165) is 21.8 Å². The molecule has 1 N–H and O–H groups in total. The monoisotopic (exact) mass is 421 g/mol. The molecule has 0 saturated heterocycles. The molecule has 1 unspecified atom stereocenters. The van der Waals surface area contributed by atoms with Gasteiger partial charge in [-0.1, -0.05) is 12.1 Å². The molecule has 0 radical (unpaired) electrons. The minimum Gasteiger partial charge on any atom is -0.493 e. The van der Waals surface area contributed by atoms with Crippen LogP contribution in [0.2, 0.25) is 0 Å². The highest BCUT2D eigenvalue weighted by atomic mass is 16.5. The third-order valence-corrected chi connectivity index (χ3v) is 5.35. The highest BCUT2D eigenvalue weighted by Gasteiger charge is 2.32. The summed E-state index contributed by atoms with van der Waals surface area (Å²) in [6.45, 7) is 3.32. The number of hydrogen-bond donors (Lipinski definition) is 1. The standard InChI is InChI=1S/C24H28N4O3/c1-6-31-22-12-11-17(13-23(22)30-5)15-26(2)16-21(29)18(14-25)24-27(3)19-9-7-8-10-20(19)28(24)4/h7-13H,6,15-16H2,1-5H3/p+1. The molecule has 31 heavy (non-hydrogen) atoms. The second kappa shape index (κ2) is 9.54. The van der Waals surface area contributed by atoms with E-state index in [9.17, 15) is 10.1 Å². The molecule has 2 aromatic carbocycles. The van der Waals surface area contributed by atoms with Gasteiger partial charge in [0.1, 0.15) is 30.6 Å². The fraction of sp³-hybridized carbons (Fsp3) is 0.333. The Hall–Kier alpha value is -3.50. The maximum absolute atomic E-state index is 13.1. The molecule has 162 valence electrons. The zero-order valence-corrected chi connectivity index (χ0v) is 18.7. The number of methoxy groups -OCH3 is 1. The van der Waals surface area contributed by atoms with E-state index in [1.54, 1.807) is 7.11 Å². The van der Waals surface area contributed by atoms with Gasteiger partial charge in [-0.15, -0.1) is 0 Å². The van der Waals surface area contributed by atoms with Crippen molar-refractivity contribution in [3.05, 3.63) is 59.4 Å². The lowest BCUT2D eigenvalue weighted by Gasteiger charge is -2.20. The number of quaternary nitrogens is 1. The molecule has 7 nitrogen and oxygen atoms in total.